The molecule has 2 atom stereocenters. The number of ketones is 1. The van der Waals surface area contributed by atoms with Gasteiger partial charge in [0.25, 0.3) is 0 Å². The number of hydrogen-bond donors (Lipinski definition) is 2. The average molecular weight is 541 g/mol. The molecule has 0 unspecified atom stereocenters. The maximum absolute atomic E-state index is 13.2. The minimum Gasteiger partial charge on any atom is -0.405 e. The first-order chi connectivity index (χ1) is 17.5. The lowest BCUT2D eigenvalue weighted by Gasteiger charge is -2.15. The predicted octanol–water partition coefficient (Wildman–Crippen LogP) is 2.65. The van der Waals surface area contributed by atoms with Crippen LogP contribution in [-0.4, -0.2) is 53.0 Å². The summed E-state index contributed by atoms with van der Waals surface area (Å²) in [6.07, 6.45) is 1.25. The number of aromatic nitrogens is 4. The van der Waals surface area contributed by atoms with Crippen LogP contribution in [0.1, 0.15) is 40.9 Å². The second kappa shape index (κ2) is 10.8. The molecule has 11 nitrogen and oxygen atoms in total. The Balaban J connectivity index is 1.44. The van der Waals surface area contributed by atoms with E-state index < -0.39 is 22.4 Å². The fourth-order valence-electron chi connectivity index (χ4n) is 4.09. The molecule has 37 heavy (non-hydrogen) atoms. The molecule has 0 aliphatic heterocycles. The molecule has 0 amide bonds. The van der Waals surface area contributed by atoms with Gasteiger partial charge in [-0.1, -0.05) is 18.2 Å². The molecular weight excluding hydrogens is 517 g/mol. The average Bonchev–Trinajstić information content (AvgIpc) is 3.47. The minimum absolute atomic E-state index is 0.0266. The summed E-state index contributed by atoms with van der Waals surface area (Å²) in [7, 11) is -4.02. The van der Waals surface area contributed by atoms with Crippen LogP contribution in [0.25, 0.3) is 0 Å². The summed E-state index contributed by atoms with van der Waals surface area (Å²) >= 11 is 0. The molecule has 3 aromatic rings. The van der Waals surface area contributed by atoms with E-state index in [1.165, 1.54) is 47.7 Å². The van der Waals surface area contributed by atoms with Gasteiger partial charge in [-0.15, -0.1) is 13.2 Å². The predicted molar refractivity (Wildman–Crippen MR) is 124 cm³/mol. The van der Waals surface area contributed by atoms with Crippen LogP contribution in [0.4, 0.5) is 19.0 Å². The second-order valence-electron chi connectivity index (χ2n) is 8.47. The number of anilines is 1. The zero-order chi connectivity index (χ0) is 26.6. The van der Waals surface area contributed by atoms with Crippen molar-refractivity contribution >= 4 is 21.9 Å². The lowest BCUT2D eigenvalue weighted by atomic mass is 10.1. The molecular formula is C22H23F3N6O5S. The Morgan fingerprint density at radius 2 is 2.00 bits per heavy atom. The van der Waals surface area contributed by atoms with Gasteiger partial charge in [0.15, 0.2) is 0 Å². The molecule has 0 spiro atoms. The third-order valence-corrected chi connectivity index (χ3v) is 6.18. The Kier molecular flexibility index (Phi) is 7.75. The van der Waals surface area contributed by atoms with E-state index in [2.05, 4.69) is 29.3 Å². The third kappa shape index (κ3) is 7.47. The van der Waals surface area contributed by atoms with Crippen molar-refractivity contribution in [2.75, 3.05) is 11.9 Å². The highest BCUT2D eigenvalue weighted by Crippen LogP contribution is 2.30. The van der Waals surface area contributed by atoms with Gasteiger partial charge >= 0.3 is 16.7 Å². The number of alkyl halides is 3. The number of nitrogens with zero attached hydrogens (tertiary/aromatic N) is 4. The number of carbonyl (C=O) groups excluding carboxylic acids is 1. The highest BCUT2D eigenvalue weighted by Gasteiger charge is 2.32. The van der Waals surface area contributed by atoms with Crippen molar-refractivity contribution in [3.05, 3.63) is 65.9 Å². The van der Waals surface area contributed by atoms with Crippen LogP contribution in [-0.2, 0) is 21.0 Å². The topological polar surface area (TPSA) is 151 Å². The number of rotatable bonds is 10. The van der Waals surface area contributed by atoms with Gasteiger partial charge in [-0.3, -0.25) is 13.7 Å². The van der Waals surface area contributed by atoms with Gasteiger partial charge in [0, 0.05) is 24.0 Å². The van der Waals surface area contributed by atoms with Crippen LogP contribution in [0.2, 0.25) is 0 Å². The number of para-hydroxylation sites is 1. The van der Waals surface area contributed by atoms with E-state index in [0.29, 0.717) is 19.3 Å². The van der Waals surface area contributed by atoms with E-state index in [-0.39, 0.29) is 53.5 Å². The van der Waals surface area contributed by atoms with Crippen molar-refractivity contribution in [2.45, 2.75) is 38.2 Å². The first-order valence-corrected chi connectivity index (χ1v) is 12.6. The maximum atomic E-state index is 13.2. The number of carbonyl (C=O) groups is 1. The molecule has 1 fully saturated rings. The van der Waals surface area contributed by atoms with Crippen LogP contribution in [0, 0.1) is 5.92 Å². The summed E-state index contributed by atoms with van der Waals surface area (Å²) in [6, 6.07) is 7.03. The molecule has 0 radical (unpaired) electrons. The van der Waals surface area contributed by atoms with Gasteiger partial charge in [-0.2, -0.15) is 13.5 Å². The molecule has 0 saturated heterocycles. The zero-order valence-corrected chi connectivity index (χ0v) is 20.1. The lowest BCUT2D eigenvalue weighted by molar-refractivity contribution is -0.274. The van der Waals surface area contributed by atoms with Crippen LogP contribution in [0.3, 0.4) is 0 Å². The lowest BCUT2D eigenvalue weighted by Crippen LogP contribution is -2.22. The smallest absolute Gasteiger partial charge is 0.405 e. The van der Waals surface area contributed by atoms with Crippen LogP contribution < -0.4 is 15.2 Å². The van der Waals surface area contributed by atoms with E-state index in [9.17, 15) is 26.4 Å². The van der Waals surface area contributed by atoms with Crippen LogP contribution in [0.15, 0.2) is 49.1 Å². The van der Waals surface area contributed by atoms with Gasteiger partial charge in [0.2, 0.25) is 5.78 Å². The Bertz CT molecular complexity index is 1360. The number of benzene rings is 1. The number of halogens is 3. The molecule has 1 aromatic carbocycles. The van der Waals surface area contributed by atoms with Gasteiger partial charge in [0.1, 0.15) is 23.6 Å². The van der Waals surface area contributed by atoms with Crippen molar-refractivity contribution in [2.24, 2.45) is 11.1 Å². The number of ether oxygens (including phenoxy) is 1. The molecule has 2 heterocycles. The van der Waals surface area contributed by atoms with Crippen molar-refractivity contribution < 1.29 is 35.3 Å². The summed E-state index contributed by atoms with van der Waals surface area (Å²) in [5.41, 5.74) is 0.449. The molecule has 1 saturated carbocycles. The molecule has 3 N–H and O–H groups in total. The molecule has 2 aromatic heterocycles. The largest absolute Gasteiger partial charge is 0.573 e. The summed E-state index contributed by atoms with van der Waals surface area (Å²) in [4.78, 5) is 21.3. The Hall–Kier alpha value is -3.56. The van der Waals surface area contributed by atoms with E-state index in [1.807, 2.05) is 0 Å². The van der Waals surface area contributed by atoms with E-state index in [4.69, 9.17) is 5.14 Å². The quantitative estimate of drug-likeness (QED) is 0.370. The van der Waals surface area contributed by atoms with Gasteiger partial charge in [-0.25, -0.2) is 15.1 Å². The van der Waals surface area contributed by atoms with E-state index in [1.54, 1.807) is 6.07 Å². The normalized spacial score (nSPS) is 18.1. The summed E-state index contributed by atoms with van der Waals surface area (Å²) in [6.45, 7) is -0.0822. The fraction of sp³-hybridized carbons (Fsp3) is 0.364. The minimum atomic E-state index is -4.84. The standard InChI is InChI=1S/C22H23F3N6O5S/c23-22(24,25)36-19-4-2-1-3-15(19)11-31-8-7-18(30-31)20(32)17-10-27-13-28-21(17)29-16-6-5-14(9-16)12-35-37(26,33)34/h1-4,7-8,10,13-14,16H,5-6,9,11-12H2,(H2,26,33,34)(H,27,28,29)/t14-,16+/m1/s1. The van der Waals surface area contributed by atoms with Crippen molar-refractivity contribution in [3.8, 4) is 5.75 Å². The number of nitrogens with one attached hydrogen (secondary N) is 1. The van der Waals surface area contributed by atoms with Gasteiger partial charge in [-0.05, 0) is 37.3 Å². The summed E-state index contributed by atoms with van der Waals surface area (Å²) in [5.74, 6) is -0.576. The van der Waals surface area contributed by atoms with Crippen molar-refractivity contribution in [1.82, 2.24) is 19.7 Å². The molecule has 0 bridgehead atoms. The Morgan fingerprint density at radius 3 is 2.76 bits per heavy atom. The summed E-state index contributed by atoms with van der Waals surface area (Å²) < 4.78 is 70.2. The molecule has 15 heteroatoms. The highest BCUT2D eigenvalue weighted by atomic mass is 32.2. The molecule has 1 aliphatic carbocycles. The number of nitrogens with two attached hydrogens (primary N) is 1. The third-order valence-electron chi connectivity index (χ3n) is 5.71. The van der Waals surface area contributed by atoms with Gasteiger partial charge < -0.3 is 10.1 Å². The monoisotopic (exact) mass is 540 g/mol. The first kappa shape index (κ1) is 26.5. The zero-order valence-electron chi connectivity index (χ0n) is 19.3. The SMILES string of the molecule is NS(=O)(=O)OC[C@@H]1CC[C@H](Nc2ncncc2C(=O)c2ccn(Cc3ccccc3OC(F)(F)F)n2)C1. The van der Waals surface area contributed by atoms with Crippen molar-refractivity contribution in [1.29, 1.82) is 0 Å². The van der Waals surface area contributed by atoms with Gasteiger partial charge in [0.05, 0.1) is 18.7 Å². The van der Waals surface area contributed by atoms with E-state index >= 15 is 0 Å². The van der Waals surface area contributed by atoms with Crippen LogP contribution >= 0.6 is 0 Å². The molecule has 198 valence electrons. The second-order valence-corrected chi connectivity index (χ2v) is 9.69. The molecule has 4 rings (SSSR count). The highest BCUT2D eigenvalue weighted by molar-refractivity contribution is 7.84. The Labute approximate surface area is 210 Å². The molecule has 1 aliphatic rings. The van der Waals surface area contributed by atoms with Crippen molar-refractivity contribution in [3.63, 3.8) is 0 Å². The maximum Gasteiger partial charge on any atom is 0.573 e. The first-order valence-electron chi connectivity index (χ1n) is 11.1. The van der Waals surface area contributed by atoms with E-state index in [0.717, 1.165) is 0 Å². The summed E-state index contributed by atoms with van der Waals surface area (Å²) in [5, 5.41) is 12.3. The van der Waals surface area contributed by atoms with Crippen LogP contribution in [0.5, 0.6) is 5.75 Å². The number of hydrogen-bond acceptors (Lipinski definition) is 9. The Morgan fingerprint density at radius 1 is 1.22 bits per heavy atom. The fourth-order valence-corrected chi connectivity index (χ4v) is 4.48.